The molecule has 6 heteroatoms. The molecule has 164 valence electrons. The number of anilines is 1. The summed E-state index contributed by atoms with van der Waals surface area (Å²) < 4.78 is 27.3. The first-order valence-electron chi connectivity index (χ1n) is 10.6. The molecule has 1 saturated heterocycles. The van der Waals surface area contributed by atoms with E-state index in [1.165, 1.54) is 0 Å². The Morgan fingerprint density at radius 1 is 0.812 bits per heavy atom. The second-order valence-corrected chi connectivity index (χ2v) is 9.80. The highest BCUT2D eigenvalue weighted by Crippen LogP contribution is 2.22. The van der Waals surface area contributed by atoms with E-state index in [2.05, 4.69) is 4.90 Å². The first-order valence-corrected chi connectivity index (χ1v) is 12.1. The molecule has 1 aliphatic rings. The fraction of sp³-hybridized carbons (Fsp3) is 0.192. The average molecular weight is 447 g/mol. The molecular formula is C26H26N2O3S. The van der Waals surface area contributed by atoms with E-state index < -0.39 is 10.0 Å². The van der Waals surface area contributed by atoms with Crippen molar-refractivity contribution in [2.45, 2.75) is 11.8 Å². The summed E-state index contributed by atoms with van der Waals surface area (Å²) in [7, 11) is -3.48. The van der Waals surface area contributed by atoms with Gasteiger partial charge in [-0.3, -0.25) is 4.79 Å². The predicted octanol–water partition coefficient (Wildman–Crippen LogP) is 4.40. The lowest BCUT2D eigenvalue weighted by Crippen LogP contribution is -2.48. The third-order valence-corrected chi connectivity index (χ3v) is 7.55. The van der Waals surface area contributed by atoms with E-state index in [4.69, 9.17) is 0 Å². The number of ketones is 1. The number of piperazine rings is 1. The van der Waals surface area contributed by atoms with Crippen LogP contribution >= 0.6 is 0 Å². The number of benzene rings is 3. The number of hydrogen-bond acceptors (Lipinski definition) is 4. The highest BCUT2D eigenvalue weighted by atomic mass is 32.2. The van der Waals surface area contributed by atoms with Gasteiger partial charge in [0, 0.05) is 37.4 Å². The molecule has 0 unspecified atom stereocenters. The maximum atomic E-state index is 12.9. The maximum Gasteiger partial charge on any atom is 0.243 e. The van der Waals surface area contributed by atoms with Gasteiger partial charge in [-0.2, -0.15) is 4.31 Å². The molecule has 3 aromatic carbocycles. The lowest BCUT2D eigenvalue weighted by Gasteiger charge is -2.35. The van der Waals surface area contributed by atoms with Crippen molar-refractivity contribution >= 4 is 27.6 Å². The molecule has 0 radical (unpaired) electrons. The molecule has 0 bridgehead atoms. The second kappa shape index (κ2) is 9.51. The highest BCUT2D eigenvalue weighted by molar-refractivity contribution is 7.89. The number of rotatable bonds is 6. The molecule has 1 heterocycles. The lowest BCUT2D eigenvalue weighted by molar-refractivity contribution is 0.104. The molecule has 5 nitrogen and oxygen atoms in total. The third-order valence-electron chi connectivity index (χ3n) is 5.64. The van der Waals surface area contributed by atoms with Gasteiger partial charge in [-0.1, -0.05) is 54.1 Å². The molecule has 1 aliphatic heterocycles. The highest BCUT2D eigenvalue weighted by Gasteiger charge is 2.28. The normalized spacial score (nSPS) is 15.2. The number of hydrogen-bond donors (Lipinski definition) is 0. The summed E-state index contributed by atoms with van der Waals surface area (Å²) in [6.07, 6.45) is 3.39. The van der Waals surface area contributed by atoms with E-state index >= 15 is 0 Å². The number of carbonyl (C=O) groups is 1. The van der Waals surface area contributed by atoms with Gasteiger partial charge in [0.2, 0.25) is 10.0 Å². The standard InChI is InChI=1S/C26H26N2O3S/c1-21-7-14-25(15-8-21)32(30,31)28-19-17-27(18-20-28)24-12-10-23(11-13-24)26(29)16-9-22-5-3-2-4-6-22/h2-16H,17-20H2,1H3/b16-9+. The van der Waals surface area contributed by atoms with Crippen LogP contribution in [0.2, 0.25) is 0 Å². The fourth-order valence-corrected chi connectivity index (χ4v) is 5.14. The van der Waals surface area contributed by atoms with Crippen LogP contribution < -0.4 is 4.90 Å². The summed E-state index contributed by atoms with van der Waals surface area (Å²) in [5.74, 6) is -0.0468. The van der Waals surface area contributed by atoms with Crippen molar-refractivity contribution in [1.82, 2.24) is 4.31 Å². The molecule has 3 aromatic rings. The van der Waals surface area contributed by atoms with Crippen molar-refractivity contribution in [1.29, 1.82) is 0 Å². The molecular weight excluding hydrogens is 420 g/mol. The zero-order valence-corrected chi connectivity index (χ0v) is 18.8. The van der Waals surface area contributed by atoms with Crippen LogP contribution in [-0.4, -0.2) is 44.7 Å². The predicted molar refractivity (Wildman–Crippen MR) is 128 cm³/mol. The van der Waals surface area contributed by atoms with Gasteiger partial charge in [0.1, 0.15) is 0 Å². The number of aryl methyl sites for hydroxylation is 1. The van der Waals surface area contributed by atoms with Crippen LogP contribution in [-0.2, 0) is 10.0 Å². The minimum atomic E-state index is -3.48. The van der Waals surface area contributed by atoms with E-state index in [9.17, 15) is 13.2 Å². The van der Waals surface area contributed by atoms with Crippen LogP contribution in [0.25, 0.3) is 6.08 Å². The van der Waals surface area contributed by atoms with Crippen molar-refractivity contribution in [3.05, 3.63) is 102 Å². The van der Waals surface area contributed by atoms with Crippen molar-refractivity contribution < 1.29 is 13.2 Å². The SMILES string of the molecule is Cc1ccc(S(=O)(=O)N2CCN(c3ccc(C(=O)/C=C/c4ccccc4)cc3)CC2)cc1. The van der Waals surface area contributed by atoms with Gasteiger partial charge in [0.25, 0.3) is 0 Å². The van der Waals surface area contributed by atoms with Gasteiger partial charge in [-0.25, -0.2) is 8.42 Å². The Kier molecular flexibility index (Phi) is 6.53. The van der Waals surface area contributed by atoms with Gasteiger partial charge in [0.15, 0.2) is 5.78 Å². The zero-order chi connectivity index (χ0) is 22.6. The summed E-state index contributed by atoms with van der Waals surface area (Å²) in [6, 6.07) is 24.2. The van der Waals surface area contributed by atoms with Crippen molar-refractivity contribution in [2.24, 2.45) is 0 Å². The average Bonchev–Trinajstić information content (AvgIpc) is 2.84. The lowest BCUT2D eigenvalue weighted by atomic mass is 10.1. The van der Waals surface area contributed by atoms with Crippen LogP contribution in [0.4, 0.5) is 5.69 Å². The van der Waals surface area contributed by atoms with Crippen molar-refractivity contribution in [2.75, 3.05) is 31.1 Å². The molecule has 0 atom stereocenters. The van der Waals surface area contributed by atoms with Crippen LogP contribution in [0.5, 0.6) is 0 Å². The molecule has 4 rings (SSSR count). The third kappa shape index (κ3) is 4.98. The zero-order valence-electron chi connectivity index (χ0n) is 18.0. The van der Waals surface area contributed by atoms with Crippen LogP contribution in [0.3, 0.4) is 0 Å². The Labute approximate surface area is 189 Å². The largest absolute Gasteiger partial charge is 0.369 e. The summed E-state index contributed by atoms with van der Waals surface area (Å²) in [5.41, 5.74) is 3.63. The van der Waals surface area contributed by atoms with E-state index in [1.807, 2.05) is 79.7 Å². The van der Waals surface area contributed by atoms with E-state index in [-0.39, 0.29) is 5.78 Å². The number of carbonyl (C=O) groups excluding carboxylic acids is 1. The summed E-state index contributed by atoms with van der Waals surface area (Å²) in [5, 5.41) is 0. The topological polar surface area (TPSA) is 57.7 Å². The fourth-order valence-electron chi connectivity index (χ4n) is 3.71. The van der Waals surface area contributed by atoms with E-state index in [1.54, 1.807) is 22.5 Å². The minimum absolute atomic E-state index is 0.0468. The summed E-state index contributed by atoms with van der Waals surface area (Å²) >= 11 is 0. The summed E-state index contributed by atoms with van der Waals surface area (Å²) in [4.78, 5) is 14.9. The Hall–Kier alpha value is -3.22. The minimum Gasteiger partial charge on any atom is -0.369 e. The maximum absolute atomic E-state index is 12.9. The number of allylic oxidation sites excluding steroid dienone is 1. The van der Waals surface area contributed by atoms with Crippen LogP contribution in [0, 0.1) is 6.92 Å². The second-order valence-electron chi connectivity index (χ2n) is 7.86. The van der Waals surface area contributed by atoms with Gasteiger partial charge in [-0.15, -0.1) is 0 Å². The molecule has 0 saturated carbocycles. The quantitative estimate of drug-likeness (QED) is 0.416. The van der Waals surface area contributed by atoms with Gasteiger partial charge in [0.05, 0.1) is 4.90 Å². The molecule has 0 aliphatic carbocycles. The molecule has 0 spiro atoms. The Morgan fingerprint density at radius 3 is 2.06 bits per heavy atom. The van der Waals surface area contributed by atoms with Crippen LogP contribution in [0.1, 0.15) is 21.5 Å². The van der Waals surface area contributed by atoms with E-state index in [0.717, 1.165) is 16.8 Å². The van der Waals surface area contributed by atoms with Crippen LogP contribution in [0.15, 0.2) is 89.8 Å². The molecule has 0 aromatic heterocycles. The Bertz CT molecular complexity index is 1190. The molecule has 1 fully saturated rings. The number of sulfonamides is 1. The summed E-state index contributed by atoms with van der Waals surface area (Å²) in [6.45, 7) is 4.00. The first kappa shape index (κ1) is 22.0. The van der Waals surface area contributed by atoms with Crippen molar-refractivity contribution in [3.8, 4) is 0 Å². The monoisotopic (exact) mass is 446 g/mol. The smallest absolute Gasteiger partial charge is 0.243 e. The molecule has 32 heavy (non-hydrogen) atoms. The number of nitrogens with zero attached hydrogens (tertiary/aromatic N) is 2. The van der Waals surface area contributed by atoms with Gasteiger partial charge in [-0.05, 0) is 55.0 Å². The first-order chi connectivity index (χ1) is 15.4. The van der Waals surface area contributed by atoms with Gasteiger partial charge < -0.3 is 4.90 Å². The van der Waals surface area contributed by atoms with E-state index in [0.29, 0.717) is 36.6 Å². The Morgan fingerprint density at radius 2 is 1.44 bits per heavy atom. The molecule has 0 N–H and O–H groups in total. The Balaban J connectivity index is 1.37. The van der Waals surface area contributed by atoms with Crippen molar-refractivity contribution in [3.63, 3.8) is 0 Å². The molecule has 0 amide bonds. The van der Waals surface area contributed by atoms with Gasteiger partial charge >= 0.3 is 0 Å².